The first-order valence-electron chi connectivity index (χ1n) is 5.57. The number of nitrogens with two attached hydrogens (primary N) is 1. The third-order valence-corrected chi connectivity index (χ3v) is 2.62. The van der Waals surface area contributed by atoms with Gasteiger partial charge in [0.05, 0.1) is 0 Å². The van der Waals surface area contributed by atoms with Crippen LogP contribution in [-0.2, 0) is 6.42 Å². The normalized spacial score (nSPS) is 14.9. The van der Waals surface area contributed by atoms with Gasteiger partial charge in [-0.25, -0.2) is 4.39 Å². The maximum atomic E-state index is 12.7. The molecule has 0 aliphatic rings. The van der Waals surface area contributed by atoms with E-state index in [1.165, 1.54) is 12.1 Å². The number of hydrogen-bond acceptors (Lipinski definition) is 1. The van der Waals surface area contributed by atoms with Gasteiger partial charge in [-0.05, 0) is 37.5 Å². The molecule has 2 heteroatoms. The van der Waals surface area contributed by atoms with E-state index in [1.54, 1.807) is 0 Å². The highest BCUT2D eigenvalue weighted by molar-refractivity contribution is 5.18. The van der Waals surface area contributed by atoms with E-state index in [0.717, 1.165) is 31.2 Å². The first-order valence-corrected chi connectivity index (χ1v) is 5.57. The molecule has 0 spiro atoms. The third kappa shape index (κ3) is 4.43. The van der Waals surface area contributed by atoms with Crippen molar-refractivity contribution >= 4 is 0 Å². The van der Waals surface area contributed by atoms with Crippen molar-refractivity contribution in [2.45, 2.75) is 45.1 Å². The Bertz CT molecular complexity index is 290. The predicted molar refractivity (Wildman–Crippen MR) is 62.2 cm³/mol. The van der Waals surface area contributed by atoms with Crippen LogP contribution in [0.1, 0.15) is 38.7 Å². The fourth-order valence-corrected chi connectivity index (χ4v) is 1.74. The van der Waals surface area contributed by atoms with Gasteiger partial charge in [0.2, 0.25) is 0 Å². The molecule has 0 heterocycles. The van der Waals surface area contributed by atoms with Gasteiger partial charge < -0.3 is 5.73 Å². The maximum Gasteiger partial charge on any atom is 0.123 e. The summed E-state index contributed by atoms with van der Waals surface area (Å²) in [5, 5.41) is 0. The summed E-state index contributed by atoms with van der Waals surface area (Å²) in [6, 6.07) is 6.61. The molecule has 1 unspecified atom stereocenters. The predicted octanol–water partition coefficient (Wildman–Crippen LogP) is 3.28. The van der Waals surface area contributed by atoms with Gasteiger partial charge in [-0.1, -0.05) is 31.9 Å². The van der Waals surface area contributed by atoms with Gasteiger partial charge in [-0.3, -0.25) is 0 Å². The van der Waals surface area contributed by atoms with E-state index in [-0.39, 0.29) is 11.4 Å². The quantitative estimate of drug-likeness (QED) is 0.791. The average molecular weight is 209 g/mol. The molecular weight excluding hydrogens is 189 g/mol. The molecule has 1 rings (SSSR count). The topological polar surface area (TPSA) is 26.0 Å². The molecule has 1 aromatic rings. The molecule has 0 amide bonds. The molecule has 0 fully saturated rings. The van der Waals surface area contributed by atoms with E-state index in [1.807, 2.05) is 12.1 Å². The van der Waals surface area contributed by atoms with Gasteiger partial charge in [0.15, 0.2) is 0 Å². The Morgan fingerprint density at radius 1 is 1.27 bits per heavy atom. The highest BCUT2D eigenvalue weighted by atomic mass is 19.1. The highest BCUT2D eigenvalue weighted by Gasteiger charge is 2.17. The zero-order chi connectivity index (χ0) is 11.3. The molecule has 0 saturated heterocycles. The van der Waals surface area contributed by atoms with Gasteiger partial charge in [0.25, 0.3) is 0 Å². The molecule has 1 nitrogen and oxygen atoms in total. The van der Waals surface area contributed by atoms with Crippen LogP contribution >= 0.6 is 0 Å². The minimum absolute atomic E-state index is 0.173. The molecule has 1 atom stereocenters. The number of benzene rings is 1. The van der Waals surface area contributed by atoms with Crippen LogP contribution in [0.2, 0.25) is 0 Å². The minimum Gasteiger partial charge on any atom is -0.325 e. The molecule has 15 heavy (non-hydrogen) atoms. The van der Waals surface area contributed by atoms with Crippen LogP contribution < -0.4 is 5.73 Å². The van der Waals surface area contributed by atoms with Crippen molar-refractivity contribution in [1.82, 2.24) is 0 Å². The average Bonchev–Trinajstić information content (AvgIpc) is 2.18. The van der Waals surface area contributed by atoms with Crippen LogP contribution in [0.4, 0.5) is 4.39 Å². The monoisotopic (exact) mass is 209 g/mol. The second-order valence-electron chi connectivity index (χ2n) is 4.56. The van der Waals surface area contributed by atoms with E-state index in [4.69, 9.17) is 5.73 Å². The summed E-state index contributed by atoms with van der Waals surface area (Å²) in [6.45, 7) is 4.22. The lowest BCUT2D eigenvalue weighted by Gasteiger charge is -2.24. The maximum absolute atomic E-state index is 12.7. The number of halogens is 1. The standard InChI is InChI=1S/C13H20FN/c1-3-4-9-13(2,15)10-11-5-7-12(14)8-6-11/h5-8H,3-4,9-10,15H2,1-2H3. The molecule has 0 aliphatic carbocycles. The molecule has 2 N–H and O–H groups in total. The van der Waals surface area contributed by atoms with Gasteiger partial charge in [-0.2, -0.15) is 0 Å². The zero-order valence-corrected chi connectivity index (χ0v) is 9.59. The Labute approximate surface area is 91.5 Å². The Balaban J connectivity index is 2.56. The Kier molecular flexibility index (Phi) is 4.28. The second-order valence-corrected chi connectivity index (χ2v) is 4.56. The summed E-state index contributed by atoms with van der Waals surface area (Å²) < 4.78 is 12.7. The molecule has 0 saturated carbocycles. The van der Waals surface area contributed by atoms with Crippen molar-refractivity contribution in [2.75, 3.05) is 0 Å². The van der Waals surface area contributed by atoms with Gasteiger partial charge in [-0.15, -0.1) is 0 Å². The summed E-state index contributed by atoms with van der Waals surface area (Å²) in [5.41, 5.74) is 7.12. The van der Waals surface area contributed by atoms with Crippen molar-refractivity contribution in [2.24, 2.45) is 5.73 Å². The highest BCUT2D eigenvalue weighted by Crippen LogP contribution is 2.17. The Hall–Kier alpha value is -0.890. The van der Waals surface area contributed by atoms with Crippen molar-refractivity contribution in [3.63, 3.8) is 0 Å². The molecule has 0 aromatic heterocycles. The van der Waals surface area contributed by atoms with E-state index in [2.05, 4.69) is 13.8 Å². The second kappa shape index (κ2) is 5.26. The van der Waals surface area contributed by atoms with Crippen molar-refractivity contribution in [3.05, 3.63) is 35.6 Å². The molecule has 0 bridgehead atoms. The van der Waals surface area contributed by atoms with Crippen LogP contribution in [0, 0.1) is 5.82 Å². The lowest BCUT2D eigenvalue weighted by Crippen LogP contribution is -2.38. The number of unbranched alkanes of at least 4 members (excludes halogenated alkanes) is 1. The van der Waals surface area contributed by atoms with Crippen LogP contribution in [0.25, 0.3) is 0 Å². The van der Waals surface area contributed by atoms with Gasteiger partial charge in [0.1, 0.15) is 5.82 Å². The number of rotatable bonds is 5. The van der Waals surface area contributed by atoms with Crippen LogP contribution in [-0.4, -0.2) is 5.54 Å². The first kappa shape index (κ1) is 12.2. The van der Waals surface area contributed by atoms with Crippen LogP contribution in [0.3, 0.4) is 0 Å². The Morgan fingerprint density at radius 2 is 1.87 bits per heavy atom. The summed E-state index contributed by atoms with van der Waals surface area (Å²) in [6.07, 6.45) is 4.14. The van der Waals surface area contributed by atoms with Crippen molar-refractivity contribution in [1.29, 1.82) is 0 Å². The summed E-state index contributed by atoms with van der Waals surface area (Å²) in [5.74, 6) is -0.189. The van der Waals surface area contributed by atoms with Gasteiger partial charge in [0, 0.05) is 5.54 Å². The SMILES string of the molecule is CCCCC(C)(N)Cc1ccc(F)cc1. The van der Waals surface area contributed by atoms with Crippen molar-refractivity contribution in [3.8, 4) is 0 Å². The number of hydrogen-bond donors (Lipinski definition) is 1. The minimum atomic E-state index is -0.189. The lowest BCUT2D eigenvalue weighted by molar-refractivity contribution is 0.413. The van der Waals surface area contributed by atoms with Gasteiger partial charge >= 0.3 is 0 Å². The first-order chi connectivity index (χ1) is 7.03. The summed E-state index contributed by atoms with van der Waals surface area (Å²) in [7, 11) is 0. The van der Waals surface area contributed by atoms with Crippen LogP contribution in [0.15, 0.2) is 24.3 Å². The smallest absolute Gasteiger partial charge is 0.123 e. The van der Waals surface area contributed by atoms with E-state index >= 15 is 0 Å². The third-order valence-electron chi connectivity index (χ3n) is 2.62. The fraction of sp³-hybridized carbons (Fsp3) is 0.538. The van der Waals surface area contributed by atoms with Crippen LogP contribution in [0.5, 0.6) is 0 Å². The molecular formula is C13H20FN. The molecule has 84 valence electrons. The van der Waals surface area contributed by atoms with Crippen molar-refractivity contribution < 1.29 is 4.39 Å². The molecule has 1 aromatic carbocycles. The molecule has 0 radical (unpaired) electrons. The van der Waals surface area contributed by atoms with E-state index in [0.29, 0.717) is 0 Å². The van der Waals surface area contributed by atoms with E-state index in [9.17, 15) is 4.39 Å². The Morgan fingerprint density at radius 3 is 2.40 bits per heavy atom. The van der Waals surface area contributed by atoms with E-state index < -0.39 is 0 Å². The largest absolute Gasteiger partial charge is 0.325 e. The lowest BCUT2D eigenvalue weighted by atomic mass is 9.89. The summed E-state index contributed by atoms with van der Waals surface area (Å²) >= 11 is 0. The fourth-order valence-electron chi connectivity index (χ4n) is 1.74. The molecule has 0 aliphatic heterocycles. The zero-order valence-electron chi connectivity index (χ0n) is 9.59. The summed E-state index contributed by atoms with van der Waals surface area (Å²) in [4.78, 5) is 0.